The number of aryl methyl sites for hydroxylation is 1. The SMILES string of the molecule is CCNC(c1nccn1CC)C(C)(C)CC. The highest BCUT2D eigenvalue weighted by Crippen LogP contribution is 2.35. The third-order valence-corrected chi connectivity index (χ3v) is 3.45. The third kappa shape index (κ3) is 2.64. The van der Waals surface area contributed by atoms with Gasteiger partial charge in [0.05, 0.1) is 6.04 Å². The van der Waals surface area contributed by atoms with Crippen molar-refractivity contribution in [2.45, 2.75) is 53.6 Å². The van der Waals surface area contributed by atoms with Crippen LogP contribution in [-0.4, -0.2) is 16.1 Å². The van der Waals surface area contributed by atoms with E-state index >= 15 is 0 Å². The summed E-state index contributed by atoms with van der Waals surface area (Å²) in [5, 5.41) is 3.57. The number of hydrogen-bond acceptors (Lipinski definition) is 2. The molecule has 1 atom stereocenters. The first-order valence-electron chi connectivity index (χ1n) is 6.31. The zero-order valence-electron chi connectivity index (χ0n) is 11.2. The molecule has 1 heterocycles. The molecule has 0 saturated heterocycles. The van der Waals surface area contributed by atoms with Gasteiger partial charge in [-0.3, -0.25) is 0 Å². The summed E-state index contributed by atoms with van der Waals surface area (Å²) in [6.07, 6.45) is 5.10. The van der Waals surface area contributed by atoms with Crippen molar-refractivity contribution in [2.24, 2.45) is 5.41 Å². The second-order valence-corrected chi connectivity index (χ2v) is 4.90. The molecular weight excluding hydrogens is 198 g/mol. The predicted octanol–water partition coefficient (Wildman–Crippen LogP) is 2.99. The van der Waals surface area contributed by atoms with Gasteiger partial charge < -0.3 is 9.88 Å². The first-order valence-corrected chi connectivity index (χ1v) is 6.31. The lowest BCUT2D eigenvalue weighted by molar-refractivity contribution is 0.223. The minimum Gasteiger partial charge on any atom is -0.334 e. The largest absolute Gasteiger partial charge is 0.334 e. The molecule has 0 aliphatic carbocycles. The molecule has 0 aliphatic rings. The van der Waals surface area contributed by atoms with E-state index in [1.165, 1.54) is 0 Å². The van der Waals surface area contributed by atoms with Crippen molar-refractivity contribution >= 4 is 0 Å². The summed E-state index contributed by atoms with van der Waals surface area (Å²) in [7, 11) is 0. The van der Waals surface area contributed by atoms with Gasteiger partial charge in [-0.05, 0) is 25.3 Å². The van der Waals surface area contributed by atoms with Crippen LogP contribution in [0.5, 0.6) is 0 Å². The minimum atomic E-state index is 0.230. The molecule has 0 aliphatic heterocycles. The lowest BCUT2D eigenvalue weighted by atomic mass is 9.81. The van der Waals surface area contributed by atoms with Gasteiger partial charge >= 0.3 is 0 Å². The molecule has 0 radical (unpaired) electrons. The Balaban J connectivity index is 3.02. The van der Waals surface area contributed by atoms with Gasteiger partial charge in [0.2, 0.25) is 0 Å². The van der Waals surface area contributed by atoms with E-state index in [-0.39, 0.29) is 5.41 Å². The molecule has 0 spiro atoms. The van der Waals surface area contributed by atoms with Crippen LogP contribution < -0.4 is 5.32 Å². The topological polar surface area (TPSA) is 29.9 Å². The van der Waals surface area contributed by atoms with Crippen molar-refractivity contribution in [1.29, 1.82) is 0 Å². The van der Waals surface area contributed by atoms with Crippen LogP contribution in [0.3, 0.4) is 0 Å². The monoisotopic (exact) mass is 223 g/mol. The molecule has 0 aromatic carbocycles. The van der Waals surface area contributed by atoms with Gasteiger partial charge in [0.15, 0.2) is 0 Å². The molecule has 1 rings (SSSR count). The van der Waals surface area contributed by atoms with Crippen LogP contribution in [0.2, 0.25) is 0 Å². The van der Waals surface area contributed by atoms with E-state index in [1.807, 2.05) is 6.20 Å². The van der Waals surface area contributed by atoms with E-state index in [2.05, 4.69) is 55.7 Å². The molecule has 3 nitrogen and oxygen atoms in total. The standard InChI is InChI=1S/C13H25N3/c1-6-13(4,5)11(14-7-2)12-15-9-10-16(12)8-3/h9-11,14H,6-8H2,1-5H3. The highest BCUT2D eigenvalue weighted by molar-refractivity contribution is 5.04. The Morgan fingerprint density at radius 1 is 1.38 bits per heavy atom. The predicted molar refractivity (Wildman–Crippen MR) is 68.4 cm³/mol. The molecule has 0 saturated carbocycles. The van der Waals surface area contributed by atoms with Gasteiger partial charge in [-0.25, -0.2) is 4.98 Å². The van der Waals surface area contributed by atoms with Gasteiger partial charge in [0.25, 0.3) is 0 Å². The van der Waals surface area contributed by atoms with Crippen molar-refractivity contribution < 1.29 is 0 Å². The van der Waals surface area contributed by atoms with Crippen LogP contribution >= 0.6 is 0 Å². The van der Waals surface area contributed by atoms with Crippen LogP contribution in [0, 0.1) is 5.41 Å². The molecule has 0 fully saturated rings. The molecule has 1 aromatic rings. The Bertz CT molecular complexity index is 315. The van der Waals surface area contributed by atoms with Gasteiger partial charge in [-0.15, -0.1) is 0 Å². The summed E-state index contributed by atoms with van der Waals surface area (Å²) in [6, 6.07) is 0.331. The second-order valence-electron chi connectivity index (χ2n) is 4.90. The molecule has 0 amide bonds. The lowest BCUT2D eigenvalue weighted by Crippen LogP contribution is -2.35. The van der Waals surface area contributed by atoms with Crippen molar-refractivity contribution in [3.05, 3.63) is 18.2 Å². The van der Waals surface area contributed by atoms with Crippen molar-refractivity contribution in [3.8, 4) is 0 Å². The molecule has 1 unspecified atom stereocenters. The zero-order valence-corrected chi connectivity index (χ0v) is 11.2. The summed E-state index contributed by atoms with van der Waals surface area (Å²) in [6.45, 7) is 13.1. The average molecular weight is 223 g/mol. The number of nitrogens with zero attached hydrogens (tertiary/aromatic N) is 2. The molecule has 16 heavy (non-hydrogen) atoms. The number of rotatable bonds is 6. The average Bonchev–Trinajstić information content (AvgIpc) is 2.73. The fraction of sp³-hybridized carbons (Fsp3) is 0.769. The van der Waals surface area contributed by atoms with Gasteiger partial charge in [0.1, 0.15) is 5.82 Å². The molecule has 3 heteroatoms. The summed E-state index contributed by atoms with van der Waals surface area (Å²) in [5.41, 5.74) is 0.230. The maximum absolute atomic E-state index is 4.52. The maximum Gasteiger partial charge on any atom is 0.126 e. The van der Waals surface area contributed by atoms with Crippen molar-refractivity contribution in [3.63, 3.8) is 0 Å². The van der Waals surface area contributed by atoms with E-state index < -0.39 is 0 Å². The van der Waals surface area contributed by atoms with E-state index in [1.54, 1.807) is 0 Å². The van der Waals surface area contributed by atoms with Gasteiger partial charge in [-0.1, -0.05) is 27.7 Å². The Hall–Kier alpha value is -0.830. The minimum absolute atomic E-state index is 0.230. The first kappa shape index (κ1) is 13.2. The highest BCUT2D eigenvalue weighted by Gasteiger charge is 2.31. The Morgan fingerprint density at radius 3 is 2.56 bits per heavy atom. The normalized spacial score (nSPS) is 14.1. The Labute approximate surface area is 99.3 Å². The van der Waals surface area contributed by atoms with Crippen molar-refractivity contribution in [2.75, 3.05) is 6.54 Å². The lowest BCUT2D eigenvalue weighted by Gasteiger charge is -2.33. The number of hydrogen-bond donors (Lipinski definition) is 1. The van der Waals surface area contributed by atoms with E-state index in [9.17, 15) is 0 Å². The quantitative estimate of drug-likeness (QED) is 0.803. The fourth-order valence-corrected chi connectivity index (χ4v) is 1.97. The number of nitrogens with one attached hydrogen (secondary N) is 1. The molecule has 1 aromatic heterocycles. The molecule has 1 N–H and O–H groups in total. The highest BCUT2D eigenvalue weighted by atomic mass is 15.1. The summed E-state index contributed by atoms with van der Waals surface area (Å²) in [5.74, 6) is 1.16. The summed E-state index contributed by atoms with van der Waals surface area (Å²) < 4.78 is 2.23. The maximum atomic E-state index is 4.52. The van der Waals surface area contributed by atoms with Crippen LogP contribution in [0.15, 0.2) is 12.4 Å². The zero-order chi connectivity index (χ0) is 12.2. The second kappa shape index (κ2) is 5.48. The molecular formula is C13H25N3. The Kier molecular flexibility index (Phi) is 4.54. The van der Waals surface area contributed by atoms with Gasteiger partial charge in [0, 0.05) is 18.9 Å². The third-order valence-electron chi connectivity index (χ3n) is 3.45. The van der Waals surface area contributed by atoms with Crippen molar-refractivity contribution in [1.82, 2.24) is 14.9 Å². The summed E-state index contributed by atoms with van der Waals surface area (Å²) >= 11 is 0. The van der Waals surface area contributed by atoms with Crippen LogP contribution in [0.4, 0.5) is 0 Å². The van der Waals surface area contributed by atoms with Crippen LogP contribution in [0.1, 0.15) is 52.9 Å². The van der Waals surface area contributed by atoms with Crippen LogP contribution in [-0.2, 0) is 6.54 Å². The fourth-order valence-electron chi connectivity index (χ4n) is 1.97. The Morgan fingerprint density at radius 2 is 2.06 bits per heavy atom. The number of imidazole rings is 1. The summed E-state index contributed by atoms with van der Waals surface area (Å²) in [4.78, 5) is 4.52. The van der Waals surface area contributed by atoms with Gasteiger partial charge in [-0.2, -0.15) is 0 Å². The van der Waals surface area contributed by atoms with E-state index in [4.69, 9.17) is 0 Å². The molecule has 0 bridgehead atoms. The van der Waals surface area contributed by atoms with E-state index in [0.717, 1.165) is 25.3 Å². The van der Waals surface area contributed by atoms with Crippen LogP contribution in [0.25, 0.3) is 0 Å². The molecule has 92 valence electrons. The number of aromatic nitrogens is 2. The smallest absolute Gasteiger partial charge is 0.126 e. The first-order chi connectivity index (χ1) is 7.56. The van der Waals surface area contributed by atoms with E-state index in [0.29, 0.717) is 6.04 Å².